The van der Waals surface area contributed by atoms with Gasteiger partial charge in [-0.05, 0) is 43.8 Å². The minimum Gasteiger partial charge on any atom is -0.316 e. The monoisotopic (exact) mass is 215 g/mol. The van der Waals surface area contributed by atoms with Crippen LogP contribution in [0.1, 0.15) is 37.7 Å². The molecular weight excluding hydrogens is 194 g/mol. The second-order valence-electron chi connectivity index (χ2n) is 5.42. The predicted molar refractivity (Wildman–Crippen MR) is 67.6 cm³/mol. The molecule has 86 valence electrons. The Labute approximate surface area is 98.3 Å². The fourth-order valence-electron chi connectivity index (χ4n) is 3.82. The smallest absolute Gasteiger partial charge is 0.000537 e. The summed E-state index contributed by atoms with van der Waals surface area (Å²) in [7, 11) is 0. The lowest BCUT2D eigenvalue weighted by Crippen LogP contribution is -2.49. The highest BCUT2D eigenvalue weighted by molar-refractivity contribution is 5.28. The number of piperidine rings is 1. The van der Waals surface area contributed by atoms with Gasteiger partial charge in [0, 0.05) is 5.41 Å². The number of hydrogen-bond donors (Lipinski definition) is 1. The molecule has 1 heterocycles. The van der Waals surface area contributed by atoms with Crippen molar-refractivity contribution < 1.29 is 0 Å². The molecule has 16 heavy (non-hydrogen) atoms. The summed E-state index contributed by atoms with van der Waals surface area (Å²) in [4.78, 5) is 0. The van der Waals surface area contributed by atoms with Gasteiger partial charge in [0.15, 0.2) is 0 Å². The normalized spacial score (nSPS) is 34.4. The van der Waals surface area contributed by atoms with E-state index in [2.05, 4.69) is 35.6 Å². The van der Waals surface area contributed by atoms with E-state index in [1.165, 1.54) is 45.2 Å². The molecule has 3 rings (SSSR count). The summed E-state index contributed by atoms with van der Waals surface area (Å²) in [5.41, 5.74) is 2.10. The first-order valence-electron chi connectivity index (χ1n) is 6.68. The molecule has 1 N–H and O–H groups in total. The Kier molecular flexibility index (Phi) is 2.72. The lowest BCUT2D eigenvalue weighted by atomic mass is 9.59. The van der Waals surface area contributed by atoms with Gasteiger partial charge in [-0.1, -0.05) is 43.2 Å². The SMILES string of the molecule is c1ccc([C@]23CCCC[C@H]2CNCC3)cc1. The molecule has 1 nitrogen and oxygen atoms in total. The molecule has 2 aliphatic rings. The predicted octanol–water partition coefficient (Wildman–Crippen LogP) is 3.11. The van der Waals surface area contributed by atoms with Crippen LogP contribution < -0.4 is 5.32 Å². The lowest BCUT2D eigenvalue weighted by molar-refractivity contribution is 0.137. The van der Waals surface area contributed by atoms with Gasteiger partial charge >= 0.3 is 0 Å². The number of fused-ring (bicyclic) bond motifs is 1. The van der Waals surface area contributed by atoms with Crippen molar-refractivity contribution in [2.45, 2.75) is 37.5 Å². The first-order chi connectivity index (χ1) is 7.92. The molecule has 2 fully saturated rings. The molecule has 0 bridgehead atoms. The number of rotatable bonds is 1. The Morgan fingerprint density at radius 2 is 1.94 bits per heavy atom. The Hall–Kier alpha value is -0.820. The fraction of sp³-hybridized carbons (Fsp3) is 0.600. The van der Waals surface area contributed by atoms with Gasteiger partial charge in [-0.3, -0.25) is 0 Å². The van der Waals surface area contributed by atoms with Gasteiger partial charge in [0.05, 0.1) is 0 Å². The molecule has 0 unspecified atom stereocenters. The molecule has 1 heteroatoms. The fourth-order valence-corrected chi connectivity index (χ4v) is 3.82. The molecule has 0 spiro atoms. The van der Waals surface area contributed by atoms with Crippen LogP contribution in [0.4, 0.5) is 0 Å². The van der Waals surface area contributed by atoms with Crippen LogP contribution in [0.15, 0.2) is 30.3 Å². The summed E-state index contributed by atoms with van der Waals surface area (Å²) in [6.45, 7) is 2.43. The van der Waals surface area contributed by atoms with Crippen LogP contribution in [0.2, 0.25) is 0 Å². The Balaban J connectivity index is 1.98. The summed E-state index contributed by atoms with van der Waals surface area (Å²) < 4.78 is 0. The zero-order chi connectivity index (χ0) is 10.8. The van der Waals surface area contributed by atoms with Gasteiger partial charge in [0.1, 0.15) is 0 Å². The van der Waals surface area contributed by atoms with Gasteiger partial charge in [-0.25, -0.2) is 0 Å². The van der Waals surface area contributed by atoms with Crippen LogP contribution in [0.3, 0.4) is 0 Å². The zero-order valence-corrected chi connectivity index (χ0v) is 9.91. The van der Waals surface area contributed by atoms with Crippen molar-refractivity contribution in [3.8, 4) is 0 Å². The molecular formula is C15H21N. The van der Waals surface area contributed by atoms with Gasteiger partial charge < -0.3 is 5.32 Å². The third-order valence-electron chi connectivity index (χ3n) is 4.69. The van der Waals surface area contributed by atoms with Gasteiger partial charge in [-0.15, -0.1) is 0 Å². The van der Waals surface area contributed by atoms with E-state index < -0.39 is 0 Å². The molecule has 1 aromatic rings. The van der Waals surface area contributed by atoms with E-state index >= 15 is 0 Å². The van der Waals surface area contributed by atoms with E-state index in [1.807, 2.05) is 0 Å². The van der Waals surface area contributed by atoms with Crippen LogP contribution in [-0.4, -0.2) is 13.1 Å². The third kappa shape index (κ3) is 1.58. The molecule has 1 saturated carbocycles. The largest absolute Gasteiger partial charge is 0.316 e. The number of hydrogen-bond acceptors (Lipinski definition) is 1. The highest BCUT2D eigenvalue weighted by Gasteiger charge is 2.43. The third-order valence-corrected chi connectivity index (χ3v) is 4.69. The lowest BCUT2D eigenvalue weighted by Gasteiger charge is -2.48. The highest BCUT2D eigenvalue weighted by atomic mass is 14.9. The summed E-state index contributed by atoms with van der Waals surface area (Å²) in [6.07, 6.45) is 7.01. The van der Waals surface area contributed by atoms with E-state index in [4.69, 9.17) is 0 Å². The van der Waals surface area contributed by atoms with E-state index in [9.17, 15) is 0 Å². The molecule has 1 aliphatic heterocycles. The van der Waals surface area contributed by atoms with E-state index in [1.54, 1.807) is 5.56 Å². The maximum absolute atomic E-state index is 3.58. The van der Waals surface area contributed by atoms with Gasteiger partial charge in [-0.2, -0.15) is 0 Å². The number of benzene rings is 1. The highest BCUT2D eigenvalue weighted by Crippen LogP contribution is 2.47. The van der Waals surface area contributed by atoms with Crippen molar-refractivity contribution in [2.24, 2.45) is 5.92 Å². The summed E-state index contributed by atoms with van der Waals surface area (Å²) in [5, 5.41) is 3.58. The van der Waals surface area contributed by atoms with Crippen molar-refractivity contribution in [1.82, 2.24) is 5.32 Å². The zero-order valence-electron chi connectivity index (χ0n) is 9.91. The molecule has 2 atom stereocenters. The van der Waals surface area contributed by atoms with Crippen molar-refractivity contribution in [3.63, 3.8) is 0 Å². The molecule has 0 aromatic heterocycles. The van der Waals surface area contributed by atoms with E-state index in [0.717, 1.165) is 5.92 Å². The van der Waals surface area contributed by atoms with E-state index in [0.29, 0.717) is 5.41 Å². The standard InChI is InChI=1S/C15H21N/c1-2-6-13(7-3-1)15-9-5-4-8-14(15)12-16-11-10-15/h1-3,6-7,14,16H,4-5,8-12H2/t14-,15+/m0/s1. The molecule has 1 aromatic carbocycles. The van der Waals surface area contributed by atoms with Crippen LogP contribution in [0.5, 0.6) is 0 Å². The van der Waals surface area contributed by atoms with Crippen molar-refractivity contribution in [2.75, 3.05) is 13.1 Å². The average molecular weight is 215 g/mol. The Morgan fingerprint density at radius 1 is 1.06 bits per heavy atom. The van der Waals surface area contributed by atoms with Crippen LogP contribution >= 0.6 is 0 Å². The second kappa shape index (κ2) is 4.21. The molecule has 1 saturated heterocycles. The summed E-state index contributed by atoms with van der Waals surface area (Å²) >= 11 is 0. The van der Waals surface area contributed by atoms with Crippen molar-refractivity contribution in [1.29, 1.82) is 0 Å². The topological polar surface area (TPSA) is 12.0 Å². The van der Waals surface area contributed by atoms with Crippen molar-refractivity contribution in [3.05, 3.63) is 35.9 Å². The number of nitrogens with one attached hydrogen (secondary N) is 1. The van der Waals surface area contributed by atoms with Crippen LogP contribution in [-0.2, 0) is 5.41 Å². The molecule has 0 amide bonds. The van der Waals surface area contributed by atoms with E-state index in [-0.39, 0.29) is 0 Å². The van der Waals surface area contributed by atoms with Crippen LogP contribution in [0, 0.1) is 5.92 Å². The first kappa shape index (κ1) is 10.3. The molecule has 0 radical (unpaired) electrons. The minimum absolute atomic E-state index is 0.505. The first-order valence-corrected chi connectivity index (χ1v) is 6.68. The Bertz CT molecular complexity index is 332. The maximum Gasteiger partial charge on any atom is 0.000537 e. The minimum atomic E-state index is 0.505. The quantitative estimate of drug-likeness (QED) is 0.759. The Morgan fingerprint density at radius 3 is 2.81 bits per heavy atom. The summed E-state index contributed by atoms with van der Waals surface area (Å²) in [6, 6.07) is 11.3. The molecule has 1 aliphatic carbocycles. The second-order valence-corrected chi connectivity index (χ2v) is 5.42. The average Bonchev–Trinajstić information content (AvgIpc) is 2.40. The summed E-state index contributed by atoms with van der Waals surface area (Å²) in [5.74, 6) is 0.873. The maximum atomic E-state index is 3.58. The van der Waals surface area contributed by atoms with Gasteiger partial charge in [0.25, 0.3) is 0 Å². The van der Waals surface area contributed by atoms with Gasteiger partial charge in [0.2, 0.25) is 0 Å². The van der Waals surface area contributed by atoms with Crippen LogP contribution in [0.25, 0.3) is 0 Å². The van der Waals surface area contributed by atoms with Crippen molar-refractivity contribution >= 4 is 0 Å².